The maximum Gasteiger partial charge on any atom is 0.255 e. The number of aromatic nitrogens is 2. The molecule has 0 atom stereocenters. The Morgan fingerprint density at radius 3 is 2.88 bits per heavy atom. The van der Waals surface area contributed by atoms with Crippen LogP contribution < -0.4 is 10.1 Å². The lowest BCUT2D eigenvalue weighted by Gasteiger charge is -2.35. The molecule has 3 aromatic rings. The summed E-state index contributed by atoms with van der Waals surface area (Å²) in [5, 5.41) is 7.30. The molecule has 0 saturated heterocycles. The maximum atomic E-state index is 12.5. The van der Waals surface area contributed by atoms with Crippen molar-refractivity contribution < 1.29 is 9.53 Å². The molecule has 2 heterocycles. The van der Waals surface area contributed by atoms with Crippen molar-refractivity contribution >= 4 is 11.4 Å². The number of hydrogen-bond acceptors (Lipinski definition) is 3. The van der Waals surface area contributed by atoms with E-state index in [9.17, 15) is 4.79 Å². The number of ether oxygens (including phenoxy) is 1. The summed E-state index contributed by atoms with van der Waals surface area (Å²) in [5.74, 6) is 1.32. The minimum absolute atomic E-state index is 0.0727. The molecular formula is C21H23N3O2. The van der Waals surface area contributed by atoms with Crippen LogP contribution in [-0.4, -0.2) is 27.7 Å². The highest BCUT2D eigenvalue weighted by atomic mass is 16.5. The molecule has 134 valence electrons. The Labute approximate surface area is 153 Å². The van der Waals surface area contributed by atoms with Crippen LogP contribution in [0.3, 0.4) is 0 Å². The number of fused-ring (bicyclic) bond motifs is 1. The Kier molecular flexibility index (Phi) is 4.37. The van der Waals surface area contributed by atoms with E-state index in [2.05, 4.69) is 36.4 Å². The topological polar surface area (TPSA) is 55.6 Å². The van der Waals surface area contributed by atoms with Crippen molar-refractivity contribution in [3.63, 3.8) is 0 Å². The third kappa shape index (κ3) is 3.29. The van der Waals surface area contributed by atoms with E-state index in [1.54, 1.807) is 10.7 Å². The zero-order chi connectivity index (χ0) is 18.1. The van der Waals surface area contributed by atoms with Gasteiger partial charge in [0.25, 0.3) is 5.91 Å². The molecule has 0 radical (unpaired) electrons. The van der Waals surface area contributed by atoms with Crippen molar-refractivity contribution in [2.45, 2.75) is 44.8 Å². The number of carbonyl (C=O) groups excluding carboxylic acids is 1. The summed E-state index contributed by atoms with van der Waals surface area (Å²) in [7, 11) is 0. The first-order valence-corrected chi connectivity index (χ1v) is 9.10. The molecule has 1 aliphatic rings. The molecular weight excluding hydrogens is 326 g/mol. The van der Waals surface area contributed by atoms with Crippen LogP contribution in [0.1, 0.15) is 48.5 Å². The number of benzene rings is 1. The van der Waals surface area contributed by atoms with Crippen molar-refractivity contribution in [2.24, 2.45) is 0 Å². The molecule has 1 fully saturated rings. The van der Waals surface area contributed by atoms with E-state index < -0.39 is 0 Å². The van der Waals surface area contributed by atoms with Gasteiger partial charge < -0.3 is 10.1 Å². The van der Waals surface area contributed by atoms with Crippen LogP contribution in [0.15, 0.2) is 54.9 Å². The van der Waals surface area contributed by atoms with Gasteiger partial charge >= 0.3 is 0 Å². The van der Waals surface area contributed by atoms with E-state index in [0.29, 0.717) is 11.5 Å². The van der Waals surface area contributed by atoms with Gasteiger partial charge in [-0.25, -0.2) is 4.52 Å². The highest BCUT2D eigenvalue weighted by Crippen LogP contribution is 2.28. The Balaban J connectivity index is 1.32. The molecule has 1 N–H and O–H groups in total. The molecule has 1 aromatic carbocycles. The van der Waals surface area contributed by atoms with Crippen molar-refractivity contribution in [3.8, 4) is 5.75 Å². The third-order valence-corrected chi connectivity index (χ3v) is 4.93. The van der Waals surface area contributed by atoms with Crippen LogP contribution in [-0.2, 0) is 0 Å². The molecule has 1 saturated carbocycles. The van der Waals surface area contributed by atoms with E-state index in [1.807, 2.05) is 36.5 Å². The molecule has 0 spiro atoms. The zero-order valence-corrected chi connectivity index (χ0v) is 15.1. The Morgan fingerprint density at radius 2 is 2.08 bits per heavy atom. The maximum absolute atomic E-state index is 12.5. The summed E-state index contributed by atoms with van der Waals surface area (Å²) < 4.78 is 7.76. The number of nitrogens with one attached hydrogen (secondary N) is 1. The first-order chi connectivity index (χ1) is 12.6. The predicted molar refractivity (Wildman–Crippen MR) is 101 cm³/mol. The average molecular weight is 349 g/mol. The Bertz CT molecular complexity index is 926. The standard InChI is InChI=1S/C21H23N3O2/c1-14(2)15-6-5-7-17(10-15)26-18-11-16(12-18)23-21(25)19-13-22-24-9-4-3-8-20(19)24/h3-10,13-14,16,18H,11-12H2,1-2H3,(H,23,25). The van der Waals surface area contributed by atoms with Gasteiger partial charge in [0.2, 0.25) is 0 Å². The van der Waals surface area contributed by atoms with Gasteiger partial charge in [-0.2, -0.15) is 5.10 Å². The Morgan fingerprint density at radius 1 is 1.23 bits per heavy atom. The number of hydrogen-bond donors (Lipinski definition) is 1. The fourth-order valence-corrected chi connectivity index (χ4v) is 3.29. The highest BCUT2D eigenvalue weighted by Gasteiger charge is 2.32. The summed E-state index contributed by atoms with van der Waals surface area (Å²) >= 11 is 0. The largest absolute Gasteiger partial charge is 0.490 e. The van der Waals surface area contributed by atoms with Crippen LogP contribution >= 0.6 is 0 Å². The van der Waals surface area contributed by atoms with Gasteiger partial charge in [0.15, 0.2) is 0 Å². The van der Waals surface area contributed by atoms with Crippen LogP contribution in [0.5, 0.6) is 5.75 Å². The van der Waals surface area contributed by atoms with Gasteiger partial charge in [-0.05, 0) is 35.7 Å². The van der Waals surface area contributed by atoms with Crippen molar-refractivity contribution in [3.05, 3.63) is 66.0 Å². The smallest absolute Gasteiger partial charge is 0.255 e. The molecule has 0 unspecified atom stereocenters. The van der Waals surface area contributed by atoms with Crippen LogP contribution in [0.25, 0.3) is 5.52 Å². The molecule has 0 bridgehead atoms. The number of pyridine rings is 1. The monoisotopic (exact) mass is 349 g/mol. The molecule has 5 nitrogen and oxygen atoms in total. The SMILES string of the molecule is CC(C)c1cccc(OC2CC(NC(=O)c3cnn4ccccc34)C2)c1. The van der Waals surface area contributed by atoms with Crippen molar-refractivity contribution in [1.82, 2.24) is 14.9 Å². The summed E-state index contributed by atoms with van der Waals surface area (Å²) in [4.78, 5) is 12.5. The number of rotatable bonds is 5. The normalized spacial score (nSPS) is 19.3. The zero-order valence-electron chi connectivity index (χ0n) is 15.1. The van der Waals surface area contributed by atoms with Gasteiger partial charge in [0.1, 0.15) is 11.9 Å². The van der Waals surface area contributed by atoms with Gasteiger partial charge in [-0.15, -0.1) is 0 Å². The summed E-state index contributed by atoms with van der Waals surface area (Å²) in [6, 6.07) is 14.1. The lowest BCUT2D eigenvalue weighted by molar-refractivity contribution is 0.0701. The first kappa shape index (κ1) is 16.6. The lowest BCUT2D eigenvalue weighted by Crippen LogP contribution is -2.49. The van der Waals surface area contributed by atoms with E-state index in [1.165, 1.54) is 5.56 Å². The average Bonchev–Trinajstić information content (AvgIpc) is 3.04. The summed E-state index contributed by atoms with van der Waals surface area (Å²) in [6.45, 7) is 4.35. The number of amides is 1. The quantitative estimate of drug-likeness (QED) is 0.762. The molecule has 5 heteroatoms. The molecule has 2 aromatic heterocycles. The minimum Gasteiger partial charge on any atom is -0.490 e. The highest BCUT2D eigenvalue weighted by molar-refractivity contribution is 6.00. The van der Waals surface area contributed by atoms with Gasteiger partial charge in [0, 0.05) is 25.1 Å². The van der Waals surface area contributed by atoms with Crippen LogP contribution in [0.2, 0.25) is 0 Å². The molecule has 4 rings (SSSR count). The van der Waals surface area contributed by atoms with Crippen molar-refractivity contribution in [2.75, 3.05) is 0 Å². The molecule has 0 aliphatic heterocycles. The van der Waals surface area contributed by atoms with Crippen molar-refractivity contribution in [1.29, 1.82) is 0 Å². The second kappa shape index (κ2) is 6.83. The Hall–Kier alpha value is -2.82. The first-order valence-electron chi connectivity index (χ1n) is 9.10. The van der Waals surface area contributed by atoms with E-state index in [0.717, 1.165) is 24.1 Å². The van der Waals surface area contributed by atoms with Gasteiger partial charge in [-0.3, -0.25) is 4.79 Å². The lowest BCUT2D eigenvalue weighted by atomic mass is 9.89. The number of nitrogens with zero attached hydrogens (tertiary/aromatic N) is 2. The minimum atomic E-state index is -0.0727. The van der Waals surface area contributed by atoms with E-state index in [4.69, 9.17) is 4.74 Å². The molecule has 1 aliphatic carbocycles. The second-order valence-corrected chi connectivity index (χ2v) is 7.20. The summed E-state index contributed by atoms with van der Waals surface area (Å²) in [6.07, 6.45) is 5.28. The fraction of sp³-hybridized carbons (Fsp3) is 0.333. The van der Waals surface area contributed by atoms with Crippen LogP contribution in [0.4, 0.5) is 0 Å². The van der Waals surface area contributed by atoms with E-state index >= 15 is 0 Å². The molecule has 26 heavy (non-hydrogen) atoms. The fourth-order valence-electron chi connectivity index (χ4n) is 3.29. The number of carbonyl (C=O) groups is 1. The summed E-state index contributed by atoms with van der Waals surface area (Å²) in [5.41, 5.74) is 2.71. The second-order valence-electron chi connectivity index (χ2n) is 7.20. The van der Waals surface area contributed by atoms with Gasteiger partial charge in [0.05, 0.1) is 17.3 Å². The van der Waals surface area contributed by atoms with Crippen LogP contribution in [0, 0.1) is 0 Å². The van der Waals surface area contributed by atoms with Gasteiger partial charge in [-0.1, -0.05) is 32.0 Å². The predicted octanol–water partition coefficient (Wildman–Crippen LogP) is 3.80. The van der Waals surface area contributed by atoms with E-state index in [-0.39, 0.29) is 18.1 Å². The molecule has 1 amide bonds. The third-order valence-electron chi connectivity index (χ3n) is 4.93.